The van der Waals surface area contributed by atoms with E-state index in [2.05, 4.69) is 15.9 Å². The van der Waals surface area contributed by atoms with Crippen LogP contribution < -0.4 is 4.31 Å². The molecule has 0 radical (unpaired) electrons. The van der Waals surface area contributed by atoms with Crippen LogP contribution in [0.5, 0.6) is 0 Å². The molecule has 16 heavy (non-hydrogen) atoms. The van der Waals surface area contributed by atoms with Crippen molar-refractivity contribution in [2.75, 3.05) is 16.6 Å². The van der Waals surface area contributed by atoms with Gasteiger partial charge in [-0.15, -0.1) is 0 Å². The van der Waals surface area contributed by atoms with Crippen molar-refractivity contribution in [3.8, 4) is 0 Å². The van der Waals surface area contributed by atoms with Gasteiger partial charge >= 0.3 is 0 Å². The number of anilines is 1. The lowest BCUT2D eigenvalue weighted by atomic mass is 10.3. The number of nitrogens with zero attached hydrogens (tertiary/aromatic N) is 1. The molecule has 0 saturated carbocycles. The first-order chi connectivity index (χ1) is 7.50. The maximum absolute atomic E-state index is 13.0. The van der Waals surface area contributed by atoms with Gasteiger partial charge in [0.1, 0.15) is 5.82 Å². The van der Waals surface area contributed by atoms with Crippen LogP contribution in [0.4, 0.5) is 10.1 Å². The van der Waals surface area contributed by atoms with E-state index < -0.39 is 15.8 Å². The van der Waals surface area contributed by atoms with E-state index in [0.29, 0.717) is 18.7 Å². The Balaban J connectivity index is 2.39. The van der Waals surface area contributed by atoms with Crippen molar-refractivity contribution in [2.24, 2.45) is 0 Å². The molecule has 2 rings (SSSR count). The van der Waals surface area contributed by atoms with Crippen LogP contribution in [0.2, 0.25) is 0 Å². The van der Waals surface area contributed by atoms with Crippen LogP contribution in [0.1, 0.15) is 12.8 Å². The zero-order valence-electron chi connectivity index (χ0n) is 8.49. The molecule has 1 aliphatic rings. The van der Waals surface area contributed by atoms with Gasteiger partial charge < -0.3 is 0 Å². The summed E-state index contributed by atoms with van der Waals surface area (Å²) in [5.74, 6) is -0.222. The van der Waals surface area contributed by atoms with Gasteiger partial charge in [-0.1, -0.05) is 0 Å². The summed E-state index contributed by atoms with van der Waals surface area (Å²) < 4.78 is 38.3. The topological polar surface area (TPSA) is 37.4 Å². The molecular formula is C10H11BrFNO2S. The molecule has 0 amide bonds. The fraction of sp³-hybridized carbons (Fsp3) is 0.400. The zero-order valence-corrected chi connectivity index (χ0v) is 10.9. The molecule has 1 saturated heterocycles. The Kier molecular flexibility index (Phi) is 3.21. The zero-order chi connectivity index (χ0) is 11.8. The summed E-state index contributed by atoms with van der Waals surface area (Å²) in [7, 11) is -3.22. The Morgan fingerprint density at radius 1 is 1.31 bits per heavy atom. The predicted molar refractivity (Wildman–Crippen MR) is 64.5 cm³/mol. The van der Waals surface area contributed by atoms with Crippen LogP contribution in [0, 0.1) is 5.82 Å². The molecule has 0 spiro atoms. The molecule has 3 nitrogen and oxygen atoms in total. The third kappa shape index (κ3) is 2.22. The Morgan fingerprint density at radius 2 is 2.06 bits per heavy atom. The molecule has 0 aromatic heterocycles. The maximum atomic E-state index is 13.0. The third-order valence-electron chi connectivity index (χ3n) is 2.54. The molecule has 1 heterocycles. The molecule has 1 aliphatic heterocycles. The second-order valence-electron chi connectivity index (χ2n) is 3.69. The minimum atomic E-state index is -3.22. The van der Waals surface area contributed by atoms with Crippen LogP contribution >= 0.6 is 15.9 Å². The maximum Gasteiger partial charge on any atom is 0.235 e. The molecule has 0 bridgehead atoms. The molecule has 1 aromatic rings. The van der Waals surface area contributed by atoms with Crippen LogP contribution in [0.15, 0.2) is 22.7 Å². The van der Waals surface area contributed by atoms with E-state index in [9.17, 15) is 12.8 Å². The highest BCUT2D eigenvalue weighted by Crippen LogP contribution is 2.27. The fourth-order valence-electron chi connectivity index (χ4n) is 1.72. The fourth-order valence-corrected chi connectivity index (χ4v) is 3.72. The first kappa shape index (κ1) is 11.9. The summed E-state index contributed by atoms with van der Waals surface area (Å²) in [6.45, 7) is 0.473. The molecule has 88 valence electrons. The van der Waals surface area contributed by atoms with Crippen molar-refractivity contribution in [3.63, 3.8) is 0 Å². The van der Waals surface area contributed by atoms with Crippen molar-refractivity contribution in [2.45, 2.75) is 12.8 Å². The van der Waals surface area contributed by atoms with E-state index in [1.165, 1.54) is 22.5 Å². The van der Waals surface area contributed by atoms with E-state index in [1.54, 1.807) is 0 Å². The second-order valence-corrected chi connectivity index (χ2v) is 6.56. The summed E-state index contributed by atoms with van der Waals surface area (Å²) in [6.07, 6.45) is 1.54. The van der Waals surface area contributed by atoms with Crippen LogP contribution in [-0.4, -0.2) is 20.7 Å². The number of hydrogen-bond acceptors (Lipinski definition) is 2. The Bertz CT molecular complexity index is 504. The number of hydrogen-bond donors (Lipinski definition) is 0. The summed E-state index contributed by atoms with van der Waals surface area (Å²) in [5, 5.41) is 0. The summed E-state index contributed by atoms with van der Waals surface area (Å²) >= 11 is 3.05. The van der Waals surface area contributed by atoms with E-state index in [1.807, 2.05) is 0 Å². The van der Waals surface area contributed by atoms with Gasteiger partial charge in [0, 0.05) is 6.54 Å². The number of benzene rings is 1. The van der Waals surface area contributed by atoms with Gasteiger partial charge in [-0.3, -0.25) is 4.31 Å². The lowest BCUT2D eigenvalue weighted by molar-refractivity contribution is 0.574. The highest BCUT2D eigenvalue weighted by Gasteiger charge is 2.26. The van der Waals surface area contributed by atoms with Crippen LogP contribution in [0.25, 0.3) is 0 Å². The number of sulfonamides is 1. The average molecular weight is 308 g/mol. The standard InChI is InChI=1S/C10H11BrFNO2S/c11-9-7-8(3-4-10(9)12)13-5-1-2-6-16(13,14)15/h3-4,7H,1-2,5-6H2. The van der Waals surface area contributed by atoms with Crippen molar-refractivity contribution in [3.05, 3.63) is 28.5 Å². The van der Waals surface area contributed by atoms with Gasteiger partial charge in [0.05, 0.1) is 15.9 Å². The van der Waals surface area contributed by atoms with E-state index in [-0.39, 0.29) is 10.2 Å². The lowest BCUT2D eigenvalue weighted by Gasteiger charge is -2.28. The molecule has 0 unspecified atom stereocenters. The number of rotatable bonds is 1. The van der Waals surface area contributed by atoms with Gasteiger partial charge in [-0.05, 0) is 47.0 Å². The third-order valence-corrected chi connectivity index (χ3v) is 5.02. The monoisotopic (exact) mass is 307 g/mol. The Labute approximate surface area is 102 Å². The summed E-state index contributed by atoms with van der Waals surface area (Å²) in [6, 6.07) is 4.25. The normalized spacial score (nSPS) is 19.8. The minimum absolute atomic E-state index is 0.169. The van der Waals surface area contributed by atoms with Crippen molar-refractivity contribution >= 4 is 31.6 Å². The van der Waals surface area contributed by atoms with Crippen molar-refractivity contribution < 1.29 is 12.8 Å². The molecule has 1 aromatic carbocycles. The summed E-state index contributed by atoms with van der Waals surface area (Å²) in [4.78, 5) is 0. The van der Waals surface area contributed by atoms with E-state index in [0.717, 1.165) is 6.42 Å². The first-order valence-corrected chi connectivity index (χ1v) is 7.36. The summed E-state index contributed by atoms with van der Waals surface area (Å²) in [5.41, 5.74) is 0.521. The molecule has 0 atom stereocenters. The quantitative estimate of drug-likeness (QED) is 0.799. The number of halogens is 2. The van der Waals surface area contributed by atoms with Crippen molar-refractivity contribution in [1.82, 2.24) is 0 Å². The van der Waals surface area contributed by atoms with Crippen LogP contribution in [-0.2, 0) is 10.0 Å². The average Bonchev–Trinajstić information content (AvgIpc) is 2.22. The highest BCUT2D eigenvalue weighted by atomic mass is 79.9. The molecule has 0 aliphatic carbocycles. The minimum Gasteiger partial charge on any atom is -0.270 e. The molecular weight excluding hydrogens is 297 g/mol. The lowest BCUT2D eigenvalue weighted by Crippen LogP contribution is -2.37. The highest BCUT2D eigenvalue weighted by molar-refractivity contribution is 9.10. The molecule has 6 heteroatoms. The Hall–Kier alpha value is -0.620. The first-order valence-electron chi connectivity index (χ1n) is 4.96. The molecule has 0 N–H and O–H groups in total. The van der Waals surface area contributed by atoms with Gasteiger partial charge in [0.25, 0.3) is 0 Å². The van der Waals surface area contributed by atoms with Crippen molar-refractivity contribution in [1.29, 1.82) is 0 Å². The van der Waals surface area contributed by atoms with E-state index >= 15 is 0 Å². The Morgan fingerprint density at radius 3 is 2.69 bits per heavy atom. The second kappa shape index (κ2) is 4.33. The smallest absolute Gasteiger partial charge is 0.235 e. The van der Waals surface area contributed by atoms with Gasteiger partial charge in [-0.25, -0.2) is 12.8 Å². The molecule has 1 fully saturated rings. The van der Waals surface area contributed by atoms with E-state index in [4.69, 9.17) is 0 Å². The predicted octanol–water partition coefficient (Wildman–Crippen LogP) is 2.52. The SMILES string of the molecule is O=S1(=O)CCCCN1c1ccc(F)c(Br)c1. The van der Waals surface area contributed by atoms with Gasteiger partial charge in [0.2, 0.25) is 10.0 Å². The van der Waals surface area contributed by atoms with Gasteiger partial charge in [-0.2, -0.15) is 0 Å². The van der Waals surface area contributed by atoms with Crippen LogP contribution in [0.3, 0.4) is 0 Å². The largest absolute Gasteiger partial charge is 0.270 e. The van der Waals surface area contributed by atoms with Gasteiger partial charge in [0.15, 0.2) is 0 Å².